The van der Waals surface area contributed by atoms with Gasteiger partial charge in [0.05, 0.1) is 17.5 Å². The van der Waals surface area contributed by atoms with Crippen LogP contribution in [0.25, 0.3) is 11.3 Å². The normalized spacial score (nSPS) is 16.2. The first-order valence-corrected chi connectivity index (χ1v) is 8.34. The minimum absolute atomic E-state index is 0.0766. The van der Waals surface area contributed by atoms with E-state index in [1.54, 1.807) is 0 Å². The number of benzene rings is 1. The summed E-state index contributed by atoms with van der Waals surface area (Å²) < 4.78 is 5.76. The molecule has 1 saturated heterocycles. The zero-order valence-corrected chi connectivity index (χ0v) is 14.2. The zero-order valence-electron chi connectivity index (χ0n) is 14.2. The fourth-order valence-corrected chi connectivity index (χ4v) is 2.91. The zero-order chi connectivity index (χ0) is 16.9. The number of aromatic nitrogens is 2. The number of aryl methyl sites for hydroxylation is 1. The van der Waals surface area contributed by atoms with Crippen molar-refractivity contribution >= 4 is 11.6 Å². The monoisotopic (exact) mass is 328 g/mol. The van der Waals surface area contributed by atoms with Gasteiger partial charge in [-0.2, -0.15) is 5.10 Å². The number of carbonyl (C=O) groups excluding carboxylic acids is 1. The van der Waals surface area contributed by atoms with Gasteiger partial charge in [-0.3, -0.25) is 9.89 Å². The number of nitrogens with one attached hydrogen (secondary N) is 2. The van der Waals surface area contributed by atoms with Gasteiger partial charge in [-0.1, -0.05) is 30.3 Å². The van der Waals surface area contributed by atoms with Crippen LogP contribution in [0.2, 0.25) is 0 Å². The molecule has 1 aliphatic heterocycles. The molecular weight excluding hydrogens is 304 g/mol. The lowest BCUT2D eigenvalue weighted by atomic mass is 10.1. The molecule has 2 N–H and O–H groups in total. The van der Waals surface area contributed by atoms with E-state index in [-0.39, 0.29) is 18.6 Å². The van der Waals surface area contributed by atoms with Crippen molar-refractivity contribution < 1.29 is 9.53 Å². The lowest BCUT2D eigenvalue weighted by Gasteiger charge is -2.28. The maximum absolute atomic E-state index is 12.3. The lowest BCUT2D eigenvalue weighted by Crippen LogP contribution is -2.35. The molecule has 1 amide bonds. The summed E-state index contributed by atoms with van der Waals surface area (Å²) in [7, 11) is 2.11. The van der Waals surface area contributed by atoms with Crippen LogP contribution in [-0.2, 0) is 9.53 Å². The van der Waals surface area contributed by atoms with E-state index in [4.69, 9.17) is 4.74 Å². The Bertz CT molecular complexity index is 676. The number of nitrogens with zero attached hydrogens (tertiary/aromatic N) is 2. The molecule has 1 aromatic heterocycles. The Labute approximate surface area is 142 Å². The van der Waals surface area contributed by atoms with E-state index in [9.17, 15) is 4.79 Å². The number of anilines is 1. The highest BCUT2D eigenvalue weighted by Gasteiger charge is 2.19. The quantitative estimate of drug-likeness (QED) is 0.884. The van der Waals surface area contributed by atoms with Gasteiger partial charge >= 0.3 is 0 Å². The van der Waals surface area contributed by atoms with Crippen LogP contribution in [0.5, 0.6) is 0 Å². The molecule has 128 valence electrons. The van der Waals surface area contributed by atoms with Crippen molar-refractivity contribution in [3.8, 4) is 11.3 Å². The van der Waals surface area contributed by atoms with Crippen LogP contribution in [0.15, 0.2) is 30.3 Å². The number of hydrogen-bond acceptors (Lipinski definition) is 4. The standard InChI is InChI=1S/C18H24N4O2/c1-13-17(18(21-20-13)14-6-4-3-5-7-14)19-16(23)12-24-15-8-10-22(2)11-9-15/h3-7,15H,8-12H2,1-2H3,(H,19,23)(H,20,21). The summed E-state index contributed by atoms with van der Waals surface area (Å²) in [5.41, 5.74) is 3.27. The number of likely N-dealkylation sites (tertiary alicyclic amines) is 1. The highest BCUT2D eigenvalue weighted by atomic mass is 16.5. The Kier molecular flexibility index (Phi) is 5.27. The van der Waals surface area contributed by atoms with Crippen molar-refractivity contribution in [3.63, 3.8) is 0 Å². The third-order valence-corrected chi connectivity index (χ3v) is 4.37. The van der Waals surface area contributed by atoms with E-state index in [1.807, 2.05) is 37.3 Å². The molecule has 0 atom stereocenters. The van der Waals surface area contributed by atoms with Crippen molar-refractivity contribution in [3.05, 3.63) is 36.0 Å². The summed E-state index contributed by atoms with van der Waals surface area (Å²) in [6.07, 6.45) is 2.12. The van der Waals surface area contributed by atoms with Crippen LogP contribution in [0.4, 0.5) is 5.69 Å². The predicted octanol–water partition coefficient (Wildman–Crippen LogP) is 2.43. The number of carbonyl (C=O) groups is 1. The van der Waals surface area contributed by atoms with Crippen molar-refractivity contribution in [1.82, 2.24) is 15.1 Å². The number of rotatable bonds is 5. The number of ether oxygens (including phenoxy) is 1. The summed E-state index contributed by atoms with van der Waals surface area (Å²) in [4.78, 5) is 14.5. The second-order valence-corrected chi connectivity index (χ2v) is 6.30. The minimum Gasteiger partial charge on any atom is -0.368 e. The third kappa shape index (κ3) is 4.01. The van der Waals surface area contributed by atoms with E-state index in [0.29, 0.717) is 0 Å². The van der Waals surface area contributed by atoms with Crippen LogP contribution in [-0.4, -0.2) is 53.9 Å². The molecule has 6 nitrogen and oxygen atoms in total. The SMILES string of the molecule is Cc1[nH]nc(-c2ccccc2)c1NC(=O)COC1CCN(C)CC1. The maximum Gasteiger partial charge on any atom is 0.250 e. The Hall–Kier alpha value is -2.18. The topological polar surface area (TPSA) is 70.2 Å². The van der Waals surface area contributed by atoms with Crippen molar-refractivity contribution in [2.45, 2.75) is 25.9 Å². The maximum atomic E-state index is 12.3. The first-order valence-electron chi connectivity index (χ1n) is 8.34. The van der Waals surface area contributed by atoms with Gasteiger partial charge in [-0.15, -0.1) is 0 Å². The summed E-state index contributed by atoms with van der Waals surface area (Å²) in [5.74, 6) is -0.143. The van der Waals surface area contributed by atoms with Gasteiger partial charge in [0.2, 0.25) is 5.91 Å². The molecule has 0 aliphatic carbocycles. The molecule has 1 aliphatic rings. The minimum atomic E-state index is -0.143. The average molecular weight is 328 g/mol. The van der Waals surface area contributed by atoms with Gasteiger partial charge in [0.1, 0.15) is 12.3 Å². The molecule has 6 heteroatoms. The van der Waals surface area contributed by atoms with E-state index in [1.165, 1.54) is 0 Å². The van der Waals surface area contributed by atoms with Gasteiger partial charge in [0.25, 0.3) is 0 Å². The molecule has 0 bridgehead atoms. The summed E-state index contributed by atoms with van der Waals surface area (Å²) in [6.45, 7) is 4.01. The van der Waals surface area contributed by atoms with Crippen molar-refractivity contribution in [2.24, 2.45) is 0 Å². The number of amides is 1. The highest BCUT2D eigenvalue weighted by Crippen LogP contribution is 2.28. The number of piperidine rings is 1. The molecule has 2 heterocycles. The molecular formula is C18H24N4O2. The molecule has 0 unspecified atom stereocenters. The van der Waals surface area contributed by atoms with Crippen LogP contribution < -0.4 is 5.32 Å². The summed E-state index contributed by atoms with van der Waals surface area (Å²) >= 11 is 0. The van der Waals surface area contributed by atoms with Crippen molar-refractivity contribution in [2.75, 3.05) is 32.1 Å². The predicted molar refractivity (Wildman–Crippen MR) is 93.9 cm³/mol. The largest absolute Gasteiger partial charge is 0.368 e. The van der Waals surface area contributed by atoms with Crippen LogP contribution in [0, 0.1) is 6.92 Å². The second kappa shape index (κ2) is 7.59. The van der Waals surface area contributed by atoms with Gasteiger partial charge in [0.15, 0.2) is 0 Å². The average Bonchev–Trinajstić information content (AvgIpc) is 2.96. The summed E-state index contributed by atoms with van der Waals surface area (Å²) in [6, 6.07) is 9.81. The van der Waals surface area contributed by atoms with Crippen LogP contribution in [0.3, 0.4) is 0 Å². The van der Waals surface area contributed by atoms with Gasteiger partial charge in [-0.05, 0) is 26.8 Å². The van der Waals surface area contributed by atoms with E-state index < -0.39 is 0 Å². The van der Waals surface area contributed by atoms with Gasteiger partial charge in [0, 0.05) is 18.7 Å². The van der Waals surface area contributed by atoms with Crippen molar-refractivity contribution in [1.29, 1.82) is 0 Å². The molecule has 3 rings (SSSR count). The number of aromatic amines is 1. The molecule has 0 saturated carbocycles. The molecule has 24 heavy (non-hydrogen) atoms. The molecule has 1 fully saturated rings. The second-order valence-electron chi connectivity index (χ2n) is 6.30. The third-order valence-electron chi connectivity index (χ3n) is 4.37. The molecule has 1 aromatic carbocycles. The number of hydrogen-bond donors (Lipinski definition) is 2. The summed E-state index contributed by atoms with van der Waals surface area (Å²) in [5, 5.41) is 10.2. The van der Waals surface area contributed by atoms with E-state index in [2.05, 4.69) is 27.5 Å². The van der Waals surface area contributed by atoms with Crippen LogP contribution >= 0.6 is 0 Å². The number of H-pyrrole nitrogens is 1. The van der Waals surface area contributed by atoms with E-state index >= 15 is 0 Å². The Morgan fingerprint density at radius 1 is 1.33 bits per heavy atom. The fraction of sp³-hybridized carbons (Fsp3) is 0.444. The fourth-order valence-electron chi connectivity index (χ4n) is 2.91. The van der Waals surface area contributed by atoms with E-state index in [0.717, 1.165) is 48.6 Å². The molecule has 2 aromatic rings. The molecule has 0 spiro atoms. The Morgan fingerprint density at radius 3 is 2.75 bits per heavy atom. The first-order chi connectivity index (χ1) is 11.6. The first kappa shape index (κ1) is 16.7. The smallest absolute Gasteiger partial charge is 0.250 e. The van der Waals surface area contributed by atoms with Gasteiger partial charge < -0.3 is 15.0 Å². The van der Waals surface area contributed by atoms with Crippen LogP contribution in [0.1, 0.15) is 18.5 Å². The Morgan fingerprint density at radius 2 is 2.04 bits per heavy atom. The Balaban J connectivity index is 1.60. The lowest BCUT2D eigenvalue weighted by molar-refractivity contribution is -0.123. The molecule has 0 radical (unpaired) electrons. The highest BCUT2D eigenvalue weighted by molar-refractivity contribution is 5.96. The van der Waals surface area contributed by atoms with Gasteiger partial charge in [-0.25, -0.2) is 0 Å².